The molecule has 0 radical (unpaired) electrons. The maximum atomic E-state index is 11.5. The lowest BCUT2D eigenvalue weighted by molar-refractivity contribution is -0.385. The Kier molecular flexibility index (Phi) is 5.45. The summed E-state index contributed by atoms with van der Waals surface area (Å²) in [4.78, 5) is 23.8. The summed E-state index contributed by atoms with van der Waals surface area (Å²) >= 11 is 0. The third-order valence-electron chi connectivity index (χ3n) is 4.13. The number of nitrogens with two attached hydrogens (primary N) is 1. The van der Waals surface area contributed by atoms with Crippen molar-refractivity contribution >= 4 is 17.7 Å². The maximum Gasteiger partial charge on any atom is 0.312 e. The van der Waals surface area contributed by atoms with Crippen LogP contribution in [0.25, 0.3) is 0 Å². The molecular weight excluding hydrogens is 338 g/mol. The highest BCUT2D eigenvalue weighted by molar-refractivity contribution is 5.68. The first-order valence-electron chi connectivity index (χ1n) is 8.15. The Balaban J connectivity index is 1.82. The third-order valence-corrected chi connectivity index (χ3v) is 4.13. The van der Waals surface area contributed by atoms with Gasteiger partial charge in [0, 0.05) is 24.8 Å². The van der Waals surface area contributed by atoms with Gasteiger partial charge in [-0.2, -0.15) is 0 Å². The molecule has 0 saturated carbocycles. The van der Waals surface area contributed by atoms with E-state index >= 15 is 0 Å². The maximum absolute atomic E-state index is 11.5. The van der Waals surface area contributed by atoms with Crippen LogP contribution in [0, 0.1) is 10.1 Å². The van der Waals surface area contributed by atoms with Gasteiger partial charge in [0.1, 0.15) is 6.61 Å². The van der Waals surface area contributed by atoms with Crippen molar-refractivity contribution in [2.75, 3.05) is 18.0 Å². The van der Waals surface area contributed by atoms with Gasteiger partial charge in [-0.25, -0.2) is 0 Å². The van der Waals surface area contributed by atoms with Crippen molar-refractivity contribution in [2.45, 2.75) is 18.9 Å². The standard InChI is InChI=1S/C18H19N3O5/c19-9-15-10-20(18(11-22)26-15)14-6-7-17(16(8-14)21(23)24)25-12-13-4-2-1-3-5-13/h1-8,11,15,18H,9-10,12,19H2/t15-,18?/m0/s1. The number of carbonyl (C=O) groups is 1. The number of aldehydes is 1. The van der Waals surface area contributed by atoms with Gasteiger partial charge in [-0.15, -0.1) is 0 Å². The fourth-order valence-corrected chi connectivity index (χ4v) is 2.81. The average Bonchev–Trinajstić information content (AvgIpc) is 3.10. The van der Waals surface area contributed by atoms with E-state index in [-0.39, 0.29) is 30.7 Å². The minimum Gasteiger partial charge on any atom is -0.482 e. The van der Waals surface area contributed by atoms with E-state index in [2.05, 4.69) is 0 Å². The number of carbonyl (C=O) groups excluding carboxylic acids is 1. The molecule has 3 rings (SSSR count). The number of nitrogens with zero attached hydrogens (tertiary/aromatic N) is 2. The molecule has 1 fully saturated rings. The van der Waals surface area contributed by atoms with Crippen LogP contribution in [0.2, 0.25) is 0 Å². The number of benzene rings is 2. The first-order chi connectivity index (χ1) is 12.6. The Hall–Kier alpha value is -2.97. The van der Waals surface area contributed by atoms with E-state index in [1.807, 2.05) is 30.3 Å². The second kappa shape index (κ2) is 7.94. The van der Waals surface area contributed by atoms with Crippen molar-refractivity contribution in [3.63, 3.8) is 0 Å². The molecule has 2 aromatic rings. The Labute approximate surface area is 150 Å². The second-order valence-corrected chi connectivity index (χ2v) is 5.86. The summed E-state index contributed by atoms with van der Waals surface area (Å²) in [5.41, 5.74) is 6.84. The van der Waals surface area contributed by atoms with Gasteiger partial charge in [0.15, 0.2) is 18.3 Å². The third kappa shape index (κ3) is 3.81. The molecule has 1 unspecified atom stereocenters. The number of nitro benzene ring substituents is 1. The molecular formula is C18H19N3O5. The zero-order valence-corrected chi connectivity index (χ0v) is 14.0. The van der Waals surface area contributed by atoms with Crippen molar-refractivity contribution in [2.24, 2.45) is 5.73 Å². The molecule has 26 heavy (non-hydrogen) atoms. The van der Waals surface area contributed by atoms with Gasteiger partial charge >= 0.3 is 5.69 Å². The number of rotatable bonds is 7. The van der Waals surface area contributed by atoms with E-state index in [0.717, 1.165) is 5.56 Å². The SMILES string of the molecule is NC[C@H]1CN(c2ccc(OCc3ccccc3)c([N+](=O)[O-])c2)C(C=O)O1. The lowest BCUT2D eigenvalue weighted by Crippen LogP contribution is -2.31. The molecule has 0 spiro atoms. The van der Waals surface area contributed by atoms with Gasteiger partial charge in [-0.05, 0) is 17.7 Å². The number of hydrogen-bond donors (Lipinski definition) is 1. The van der Waals surface area contributed by atoms with Crippen LogP contribution in [0.1, 0.15) is 5.56 Å². The molecule has 0 amide bonds. The smallest absolute Gasteiger partial charge is 0.312 e. The Morgan fingerprint density at radius 2 is 2.08 bits per heavy atom. The van der Waals surface area contributed by atoms with Crippen LogP contribution in [-0.2, 0) is 16.1 Å². The largest absolute Gasteiger partial charge is 0.482 e. The highest BCUT2D eigenvalue weighted by Gasteiger charge is 2.33. The highest BCUT2D eigenvalue weighted by atomic mass is 16.6. The van der Waals surface area contributed by atoms with Gasteiger partial charge in [0.05, 0.1) is 11.0 Å². The summed E-state index contributed by atoms with van der Waals surface area (Å²) in [5, 5.41) is 11.5. The van der Waals surface area contributed by atoms with Crippen LogP contribution in [0.5, 0.6) is 5.75 Å². The lowest BCUT2D eigenvalue weighted by Gasteiger charge is -2.21. The zero-order valence-electron chi connectivity index (χ0n) is 14.0. The molecule has 2 N–H and O–H groups in total. The minimum atomic E-state index is -0.806. The highest BCUT2D eigenvalue weighted by Crippen LogP contribution is 2.34. The molecule has 0 bridgehead atoms. The van der Waals surface area contributed by atoms with Crippen LogP contribution >= 0.6 is 0 Å². The molecule has 1 saturated heterocycles. The lowest BCUT2D eigenvalue weighted by atomic mass is 10.2. The number of ether oxygens (including phenoxy) is 2. The number of anilines is 1. The minimum absolute atomic E-state index is 0.167. The summed E-state index contributed by atoms with van der Waals surface area (Å²) < 4.78 is 11.1. The molecule has 1 heterocycles. The molecule has 136 valence electrons. The average molecular weight is 357 g/mol. The molecule has 8 heteroatoms. The van der Waals surface area contributed by atoms with Crippen molar-refractivity contribution in [1.29, 1.82) is 0 Å². The Bertz CT molecular complexity index is 784. The monoisotopic (exact) mass is 357 g/mol. The second-order valence-electron chi connectivity index (χ2n) is 5.86. The summed E-state index contributed by atoms with van der Waals surface area (Å²) in [6.45, 7) is 0.878. The molecule has 8 nitrogen and oxygen atoms in total. The molecule has 1 aliphatic rings. The first kappa shape index (κ1) is 17.8. The number of nitro groups is 1. The van der Waals surface area contributed by atoms with Crippen LogP contribution in [-0.4, -0.2) is 36.6 Å². The van der Waals surface area contributed by atoms with Crippen molar-refractivity contribution in [1.82, 2.24) is 0 Å². The van der Waals surface area contributed by atoms with E-state index in [4.69, 9.17) is 15.2 Å². The normalized spacial score (nSPS) is 19.3. The van der Waals surface area contributed by atoms with Gasteiger partial charge < -0.3 is 20.1 Å². The molecule has 2 atom stereocenters. The molecule has 0 aromatic heterocycles. The first-order valence-corrected chi connectivity index (χ1v) is 8.15. The zero-order chi connectivity index (χ0) is 18.5. The summed E-state index contributed by atoms with van der Waals surface area (Å²) in [6.07, 6.45) is -0.445. The number of hydrogen-bond acceptors (Lipinski definition) is 7. The van der Waals surface area contributed by atoms with E-state index in [9.17, 15) is 14.9 Å². The predicted molar refractivity (Wildman–Crippen MR) is 95.0 cm³/mol. The molecule has 0 aliphatic carbocycles. The van der Waals surface area contributed by atoms with Crippen molar-refractivity contribution in [3.05, 3.63) is 64.2 Å². The van der Waals surface area contributed by atoms with Gasteiger partial charge in [-0.1, -0.05) is 30.3 Å². The van der Waals surface area contributed by atoms with Gasteiger partial charge in [-0.3, -0.25) is 14.9 Å². The van der Waals surface area contributed by atoms with Gasteiger partial charge in [0.2, 0.25) is 0 Å². The molecule has 1 aliphatic heterocycles. The Morgan fingerprint density at radius 3 is 2.73 bits per heavy atom. The topological polar surface area (TPSA) is 108 Å². The summed E-state index contributed by atoms with van der Waals surface area (Å²) in [7, 11) is 0. The van der Waals surface area contributed by atoms with Crippen LogP contribution in [0.3, 0.4) is 0 Å². The quantitative estimate of drug-likeness (QED) is 0.458. The fourth-order valence-electron chi connectivity index (χ4n) is 2.81. The predicted octanol–water partition coefficient (Wildman–Crippen LogP) is 1.86. The van der Waals surface area contributed by atoms with E-state index in [0.29, 0.717) is 18.5 Å². The van der Waals surface area contributed by atoms with E-state index < -0.39 is 11.2 Å². The van der Waals surface area contributed by atoms with Crippen LogP contribution in [0.4, 0.5) is 11.4 Å². The van der Waals surface area contributed by atoms with Gasteiger partial charge in [0.25, 0.3) is 0 Å². The van der Waals surface area contributed by atoms with Crippen LogP contribution < -0.4 is 15.4 Å². The Morgan fingerprint density at radius 1 is 1.31 bits per heavy atom. The van der Waals surface area contributed by atoms with Crippen LogP contribution in [0.15, 0.2) is 48.5 Å². The summed E-state index contributed by atoms with van der Waals surface area (Å²) in [6, 6.07) is 14.0. The summed E-state index contributed by atoms with van der Waals surface area (Å²) in [5.74, 6) is 0.167. The van der Waals surface area contributed by atoms with Crippen molar-refractivity contribution in [3.8, 4) is 5.75 Å². The molecule has 2 aromatic carbocycles. The van der Waals surface area contributed by atoms with E-state index in [1.54, 1.807) is 11.0 Å². The van der Waals surface area contributed by atoms with Crippen molar-refractivity contribution < 1.29 is 19.2 Å². The van der Waals surface area contributed by atoms with E-state index in [1.165, 1.54) is 12.1 Å². The fraction of sp³-hybridized carbons (Fsp3) is 0.278.